The zero-order chi connectivity index (χ0) is 24.8. The summed E-state index contributed by atoms with van der Waals surface area (Å²) in [6, 6.07) is 12.8. The van der Waals surface area contributed by atoms with Crippen molar-refractivity contribution in [1.82, 2.24) is 0 Å². The Bertz CT molecular complexity index is 1380. The molecule has 0 aliphatic carbocycles. The van der Waals surface area contributed by atoms with Gasteiger partial charge in [0.2, 0.25) is 0 Å². The number of esters is 1. The van der Waals surface area contributed by atoms with Gasteiger partial charge in [0.1, 0.15) is 28.5 Å². The maximum absolute atomic E-state index is 12.8. The van der Waals surface area contributed by atoms with Crippen LogP contribution in [0.3, 0.4) is 0 Å². The molecule has 0 spiro atoms. The van der Waals surface area contributed by atoms with Crippen LogP contribution in [-0.4, -0.2) is 23.3 Å². The number of Topliss-reactive ketones (excluding diaryl/α,β-unsaturated/α-hetero) is 1. The van der Waals surface area contributed by atoms with E-state index in [4.69, 9.17) is 9.15 Å². The summed E-state index contributed by atoms with van der Waals surface area (Å²) in [7, 11) is 0. The van der Waals surface area contributed by atoms with Gasteiger partial charge in [-0.15, -0.1) is 11.3 Å². The molecular formula is C24H17N3O6S. The molecule has 0 aliphatic heterocycles. The highest BCUT2D eigenvalue weighted by atomic mass is 32.1. The standard InChI is InChI=1S/C24H17N3O6S/c1-3-32-24(29)23-14(2)19(13-26)22(34-23)11-20(28)16(12-25)10-18-8-9-21(33-18)15-4-6-17(7-5-15)27(30)31/h4-10H,3,11H2,1-2H3/b16-10+. The Labute approximate surface area is 198 Å². The lowest BCUT2D eigenvalue weighted by atomic mass is 10.0. The number of non-ortho nitro benzene ring substituents is 1. The van der Waals surface area contributed by atoms with Crippen LogP contribution in [0.4, 0.5) is 5.69 Å². The predicted octanol–water partition coefficient (Wildman–Crippen LogP) is 4.99. The first-order valence-corrected chi connectivity index (χ1v) is 10.8. The minimum absolute atomic E-state index is 0.0561. The highest BCUT2D eigenvalue weighted by molar-refractivity contribution is 7.14. The maximum atomic E-state index is 12.8. The molecule has 0 bridgehead atoms. The molecule has 34 heavy (non-hydrogen) atoms. The van der Waals surface area contributed by atoms with Crippen molar-refractivity contribution in [3.8, 4) is 23.5 Å². The Balaban J connectivity index is 1.83. The number of benzene rings is 1. The number of nitro benzene ring substituents is 1. The molecule has 0 N–H and O–H groups in total. The van der Waals surface area contributed by atoms with Crippen LogP contribution in [-0.2, 0) is 16.0 Å². The summed E-state index contributed by atoms with van der Waals surface area (Å²) in [5.41, 5.74) is 1.01. The molecule has 3 aromatic rings. The van der Waals surface area contributed by atoms with Crippen LogP contribution in [0.1, 0.15) is 38.4 Å². The monoisotopic (exact) mass is 475 g/mol. The van der Waals surface area contributed by atoms with Gasteiger partial charge in [-0.25, -0.2) is 4.79 Å². The third-order valence-corrected chi connectivity index (χ3v) is 6.08. The third-order valence-electron chi connectivity index (χ3n) is 4.81. The molecule has 10 heteroatoms. The fourth-order valence-corrected chi connectivity index (χ4v) is 4.27. The normalized spacial score (nSPS) is 10.9. The zero-order valence-corrected chi connectivity index (χ0v) is 19.0. The number of nitro groups is 1. The minimum atomic E-state index is -0.564. The highest BCUT2D eigenvalue weighted by Gasteiger charge is 2.23. The van der Waals surface area contributed by atoms with Gasteiger partial charge >= 0.3 is 5.97 Å². The summed E-state index contributed by atoms with van der Waals surface area (Å²) in [5, 5.41) is 29.8. The van der Waals surface area contributed by atoms with E-state index in [2.05, 4.69) is 0 Å². The van der Waals surface area contributed by atoms with Gasteiger partial charge in [-0.2, -0.15) is 10.5 Å². The molecule has 0 unspecified atom stereocenters. The summed E-state index contributed by atoms with van der Waals surface area (Å²) in [5.74, 6) is -0.450. The Kier molecular flexibility index (Phi) is 7.36. The number of nitriles is 2. The SMILES string of the molecule is CCOC(=O)c1sc(CC(=O)/C(C#N)=C/c2ccc(-c3ccc([N+](=O)[O-])cc3)o2)c(C#N)c1C. The molecule has 2 aromatic heterocycles. The second-order valence-electron chi connectivity index (χ2n) is 6.96. The molecule has 0 radical (unpaired) electrons. The first-order chi connectivity index (χ1) is 16.3. The van der Waals surface area contributed by atoms with E-state index in [9.17, 15) is 30.2 Å². The van der Waals surface area contributed by atoms with E-state index in [0.29, 0.717) is 21.8 Å². The van der Waals surface area contributed by atoms with Crippen LogP contribution in [0.25, 0.3) is 17.4 Å². The first kappa shape index (κ1) is 24.1. The van der Waals surface area contributed by atoms with Crippen LogP contribution in [0.5, 0.6) is 0 Å². The van der Waals surface area contributed by atoms with Gasteiger partial charge < -0.3 is 9.15 Å². The van der Waals surface area contributed by atoms with E-state index in [1.54, 1.807) is 26.0 Å². The van der Waals surface area contributed by atoms with E-state index in [1.807, 2.05) is 12.1 Å². The summed E-state index contributed by atoms with van der Waals surface area (Å²) >= 11 is 1.000. The molecule has 0 aliphatic rings. The predicted molar refractivity (Wildman–Crippen MR) is 123 cm³/mol. The molecule has 0 amide bonds. The number of rotatable bonds is 8. The number of carbonyl (C=O) groups excluding carboxylic acids is 2. The van der Waals surface area contributed by atoms with Gasteiger partial charge in [-0.1, -0.05) is 0 Å². The van der Waals surface area contributed by atoms with Gasteiger partial charge in [-0.05, 0) is 43.7 Å². The smallest absolute Gasteiger partial charge is 0.348 e. The number of ether oxygens (including phenoxy) is 1. The number of hydrogen-bond donors (Lipinski definition) is 0. The highest BCUT2D eigenvalue weighted by Crippen LogP contribution is 2.30. The van der Waals surface area contributed by atoms with E-state index < -0.39 is 16.7 Å². The third kappa shape index (κ3) is 5.09. The largest absolute Gasteiger partial charge is 0.462 e. The van der Waals surface area contributed by atoms with Crippen molar-refractivity contribution >= 4 is 34.9 Å². The van der Waals surface area contributed by atoms with Crippen LogP contribution in [0, 0.1) is 39.7 Å². The second-order valence-corrected chi connectivity index (χ2v) is 8.07. The molecule has 3 rings (SSSR count). The summed E-state index contributed by atoms with van der Waals surface area (Å²) < 4.78 is 10.7. The molecule has 2 heterocycles. The fourth-order valence-electron chi connectivity index (χ4n) is 3.13. The lowest BCUT2D eigenvalue weighted by molar-refractivity contribution is -0.384. The average Bonchev–Trinajstić information content (AvgIpc) is 3.41. The first-order valence-electron chi connectivity index (χ1n) is 9.98. The van der Waals surface area contributed by atoms with Crippen LogP contribution >= 0.6 is 11.3 Å². The maximum Gasteiger partial charge on any atom is 0.348 e. The molecular weight excluding hydrogens is 458 g/mol. The molecule has 170 valence electrons. The van der Waals surface area contributed by atoms with Gasteiger partial charge in [0.15, 0.2) is 5.78 Å². The number of ketones is 1. The van der Waals surface area contributed by atoms with Crippen molar-refractivity contribution in [3.63, 3.8) is 0 Å². The molecule has 9 nitrogen and oxygen atoms in total. The van der Waals surface area contributed by atoms with Crippen molar-refractivity contribution in [1.29, 1.82) is 10.5 Å². The number of nitrogens with zero attached hydrogens (tertiary/aromatic N) is 3. The van der Waals surface area contributed by atoms with Crippen molar-refractivity contribution in [3.05, 3.63) is 78.7 Å². The molecule has 0 atom stereocenters. The van der Waals surface area contributed by atoms with Crippen molar-refractivity contribution in [2.75, 3.05) is 6.61 Å². The summed E-state index contributed by atoms with van der Waals surface area (Å²) in [6.07, 6.45) is 1.05. The fraction of sp³-hybridized carbons (Fsp3) is 0.167. The Hall–Kier alpha value is -4.54. The molecule has 0 fully saturated rings. The Morgan fingerprint density at radius 1 is 1.21 bits per heavy atom. The second kappa shape index (κ2) is 10.4. The van der Waals surface area contributed by atoms with E-state index >= 15 is 0 Å². The molecule has 0 saturated carbocycles. The summed E-state index contributed by atoms with van der Waals surface area (Å²) in [6.45, 7) is 3.46. The lowest BCUT2D eigenvalue weighted by Gasteiger charge is -1.99. The van der Waals surface area contributed by atoms with Gasteiger partial charge in [0, 0.05) is 35.1 Å². The number of furan rings is 1. The zero-order valence-electron chi connectivity index (χ0n) is 18.2. The van der Waals surface area contributed by atoms with E-state index in [-0.39, 0.29) is 40.5 Å². The topological polar surface area (TPSA) is 147 Å². The van der Waals surface area contributed by atoms with Crippen LogP contribution in [0.15, 0.2) is 46.4 Å². The van der Waals surface area contributed by atoms with Gasteiger partial charge in [0.25, 0.3) is 5.69 Å². The van der Waals surface area contributed by atoms with Crippen LogP contribution < -0.4 is 0 Å². The number of hydrogen-bond acceptors (Lipinski definition) is 9. The van der Waals surface area contributed by atoms with Crippen molar-refractivity contribution in [2.24, 2.45) is 0 Å². The number of carbonyl (C=O) groups is 2. The molecule has 0 saturated heterocycles. The van der Waals surface area contributed by atoms with Crippen molar-refractivity contribution < 1.29 is 23.7 Å². The summed E-state index contributed by atoms with van der Waals surface area (Å²) in [4.78, 5) is 35.8. The van der Waals surface area contributed by atoms with Gasteiger partial charge in [-0.3, -0.25) is 14.9 Å². The van der Waals surface area contributed by atoms with E-state index in [1.165, 1.54) is 30.3 Å². The van der Waals surface area contributed by atoms with Gasteiger partial charge in [0.05, 0.1) is 22.7 Å². The van der Waals surface area contributed by atoms with E-state index in [0.717, 1.165) is 11.3 Å². The van der Waals surface area contributed by atoms with Crippen LogP contribution in [0.2, 0.25) is 0 Å². The quantitative estimate of drug-likeness (QED) is 0.145. The number of allylic oxidation sites excluding steroid dienone is 1. The Morgan fingerprint density at radius 3 is 2.50 bits per heavy atom. The van der Waals surface area contributed by atoms with Crippen molar-refractivity contribution in [2.45, 2.75) is 20.3 Å². The lowest BCUT2D eigenvalue weighted by Crippen LogP contribution is -2.05. The average molecular weight is 475 g/mol. The number of thiophene rings is 1. The molecule has 1 aromatic carbocycles. The minimum Gasteiger partial charge on any atom is -0.462 e. The Morgan fingerprint density at radius 2 is 1.91 bits per heavy atom.